The Balaban J connectivity index is 2.33. The molecule has 0 atom stereocenters. The van der Waals surface area contributed by atoms with E-state index in [2.05, 4.69) is 24.3 Å². The Morgan fingerprint density at radius 2 is 1.96 bits per heavy atom. The predicted molar refractivity (Wildman–Crippen MR) is 92.1 cm³/mol. The van der Waals surface area contributed by atoms with E-state index >= 15 is 0 Å². The van der Waals surface area contributed by atoms with Crippen molar-refractivity contribution < 1.29 is 9.59 Å². The minimum absolute atomic E-state index is 0.171. The summed E-state index contributed by atoms with van der Waals surface area (Å²) in [6, 6.07) is 3.62. The Bertz CT molecular complexity index is 729. The van der Waals surface area contributed by atoms with Crippen LogP contribution in [0.5, 0.6) is 0 Å². The van der Waals surface area contributed by atoms with Gasteiger partial charge in [0.1, 0.15) is 10.7 Å². The first-order chi connectivity index (χ1) is 10.9. The van der Waals surface area contributed by atoms with Crippen molar-refractivity contribution in [3.05, 3.63) is 34.0 Å². The minimum Gasteiger partial charge on any atom is -0.366 e. The van der Waals surface area contributed by atoms with E-state index in [1.54, 1.807) is 16.8 Å². The molecule has 0 unspecified atom stereocenters. The van der Waals surface area contributed by atoms with Gasteiger partial charge in [0.05, 0.1) is 17.3 Å². The fourth-order valence-corrected chi connectivity index (χ4v) is 3.47. The van der Waals surface area contributed by atoms with Crippen molar-refractivity contribution in [3.8, 4) is 0 Å². The average molecular weight is 334 g/mol. The molecule has 0 aliphatic rings. The zero-order valence-electron chi connectivity index (χ0n) is 13.8. The molecule has 3 N–H and O–H groups in total. The number of aromatic nitrogens is 2. The molecule has 0 saturated heterocycles. The third-order valence-electron chi connectivity index (χ3n) is 3.73. The van der Waals surface area contributed by atoms with Gasteiger partial charge in [0, 0.05) is 4.88 Å². The normalized spacial score (nSPS) is 11.0. The van der Waals surface area contributed by atoms with Crippen LogP contribution in [0.1, 0.15) is 64.1 Å². The van der Waals surface area contributed by atoms with Gasteiger partial charge in [-0.1, -0.05) is 13.8 Å². The van der Waals surface area contributed by atoms with E-state index in [1.807, 2.05) is 13.8 Å². The van der Waals surface area contributed by atoms with Gasteiger partial charge in [0.15, 0.2) is 0 Å². The van der Waals surface area contributed by atoms with E-state index in [1.165, 1.54) is 11.3 Å². The fourth-order valence-electron chi connectivity index (χ4n) is 2.56. The van der Waals surface area contributed by atoms with Crippen LogP contribution < -0.4 is 11.1 Å². The summed E-state index contributed by atoms with van der Waals surface area (Å²) in [5.41, 5.74) is 6.99. The van der Waals surface area contributed by atoms with E-state index < -0.39 is 5.91 Å². The predicted octanol–water partition coefficient (Wildman–Crippen LogP) is 3.27. The van der Waals surface area contributed by atoms with Crippen LogP contribution in [0, 0.1) is 13.8 Å². The largest absolute Gasteiger partial charge is 0.366 e. The first kappa shape index (κ1) is 17.2. The summed E-state index contributed by atoms with van der Waals surface area (Å²) >= 11 is 1.34. The zero-order valence-corrected chi connectivity index (χ0v) is 14.7. The van der Waals surface area contributed by atoms with Crippen molar-refractivity contribution in [1.82, 2.24) is 9.78 Å². The Hall–Kier alpha value is -2.15. The quantitative estimate of drug-likeness (QED) is 0.849. The second-order valence-electron chi connectivity index (χ2n) is 5.50. The molecule has 2 aromatic heterocycles. The standard InChI is InChI=1S/C16H22N4O2S/c1-5-11(6-2)20-13(7-9(3)19-20)15(22)18-16-12(14(17)21)8-10(4)23-16/h7-8,11H,5-6H2,1-4H3,(H2,17,21)(H,18,22). The van der Waals surface area contributed by atoms with Gasteiger partial charge in [-0.15, -0.1) is 11.3 Å². The third-order valence-corrected chi connectivity index (χ3v) is 4.69. The number of rotatable bonds is 6. The highest BCUT2D eigenvalue weighted by Crippen LogP contribution is 2.28. The van der Waals surface area contributed by atoms with Gasteiger partial charge >= 0.3 is 0 Å². The molecule has 2 aromatic rings. The first-order valence-corrected chi connectivity index (χ1v) is 8.46. The van der Waals surface area contributed by atoms with Gasteiger partial charge in [0.2, 0.25) is 0 Å². The maximum atomic E-state index is 12.7. The Labute approximate surface area is 139 Å². The lowest BCUT2D eigenvalue weighted by Crippen LogP contribution is -2.22. The molecule has 0 aliphatic heterocycles. The number of amides is 2. The van der Waals surface area contributed by atoms with Crippen molar-refractivity contribution in [2.45, 2.75) is 46.6 Å². The molecule has 2 heterocycles. The SMILES string of the molecule is CCC(CC)n1nc(C)cc1C(=O)Nc1sc(C)cc1C(N)=O. The molecule has 2 amide bonds. The fraction of sp³-hybridized carbons (Fsp3) is 0.438. The summed E-state index contributed by atoms with van der Waals surface area (Å²) in [5.74, 6) is -0.823. The Morgan fingerprint density at radius 1 is 1.30 bits per heavy atom. The topological polar surface area (TPSA) is 90.0 Å². The molecule has 0 saturated carbocycles. The van der Waals surface area contributed by atoms with Crippen LogP contribution in [0.3, 0.4) is 0 Å². The number of aryl methyl sites for hydroxylation is 2. The number of carbonyl (C=O) groups is 2. The van der Waals surface area contributed by atoms with E-state index in [0.717, 1.165) is 23.4 Å². The third kappa shape index (κ3) is 3.61. The number of carbonyl (C=O) groups excluding carboxylic acids is 2. The summed E-state index contributed by atoms with van der Waals surface area (Å²) in [6.07, 6.45) is 1.78. The van der Waals surface area contributed by atoms with Gasteiger partial charge in [-0.25, -0.2) is 0 Å². The van der Waals surface area contributed by atoms with Crippen LogP contribution in [0.2, 0.25) is 0 Å². The monoisotopic (exact) mass is 334 g/mol. The number of thiophene rings is 1. The second-order valence-corrected chi connectivity index (χ2v) is 6.76. The highest BCUT2D eigenvalue weighted by Gasteiger charge is 2.21. The smallest absolute Gasteiger partial charge is 0.274 e. The molecular weight excluding hydrogens is 312 g/mol. The number of hydrogen-bond acceptors (Lipinski definition) is 4. The molecule has 2 rings (SSSR count). The van der Waals surface area contributed by atoms with E-state index in [9.17, 15) is 9.59 Å². The molecule has 7 heteroatoms. The van der Waals surface area contributed by atoms with Crippen molar-refractivity contribution in [3.63, 3.8) is 0 Å². The summed E-state index contributed by atoms with van der Waals surface area (Å²) in [5, 5.41) is 7.73. The lowest BCUT2D eigenvalue weighted by molar-refractivity contribution is 0.100. The van der Waals surface area contributed by atoms with Crippen LogP contribution in [0.15, 0.2) is 12.1 Å². The number of anilines is 1. The number of primary amides is 1. The van der Waals surface area contributed by atoms with Crippen LogP contribution >= 0.6 is 11.3 Å². The van der Waals surface area contributed by atoms with Gasteiger partial charge in [-0.3, -0.25) is 14.3 Å². The van der Waals surface area contributed by atoms with E-state index in [-0.39, 0.29) is 11.9 Å². The maximum absolute atomic E-state index is 12.7. The number of hydrogen-bond donors (Lipinski definition) is 2. The number of nitrogens with two attached hydrogens (primary N) is 1. The molecule has 23 heavy (non-hydrogen) atoms. The minimum atomic E-state index is -0.547. The van der Waals surface area contributed by atoms with Crippen LogP contribution in [0.4, 0.5) is 5.00 Å². The zero-order chi connectivity index (χ0) is 17.1. The lowest BCUT2D eigenvalue weighted by Gasteiger charge is -2.16. The van der Waals surface area contributed by atoms with E-state index in [0.29, 0.717) is 16.3 Å². The Kier molecular flexibility index (Phi) is 5.20. The maximum Gasteiger partial charge on any atom is 0.274 e. The summed E-state index contributed by atoms with van der Waals surface area (Å²) in [4.78, 5) is 25.1. The summed E-state index contributed by atoms with van der Waals surface area (Å²) in [6.45, 7) is 7.87. The molecule has 6 nitrogen and oxygen atoms in total. The van der Waals surface area contributed by atoms with Gasteiger partial charge < -0.3 is 11.1 Å². The lowest BCUT2D eigenvalue weighted by atomic mass is 10.1. The highest BCUT2D eigenvalue weighted by atomic mass is 32.1. The van der Waals surface area contributed by atoms with E-state index in [4.69, 9.17) is 5.73 Å². The van der Waals surface area contributed by atoms with Crippen LogP contribution in [-0.2, 0) is 0 Å². The Morgan fingerprint density at radius 3 is 2.52 bits per heavy atom. The van der Waals surface area contributed by atoms with Crippen molar-refractivity contribution in [1.29, 1.82) is 0 Å². The first-order valence-electron chi connectivity index (χ1n) is 7.65. The molecule has 0 aliphatic carbocycles. The highest BCUT2D eigenvalue weighted by molar-refractivity contribution is 7.16. The van der Waals surface area contributed by atoms with Crippen molar-refractivity contribution in [2.24, 2.45) is 5.73 Å². The summed E-state index contributed by atoms with van der Waals surface area (Å²) < 4.78 is 1.77. The number of nitrogens with zero attached hydrogens (tertiary/aromatic N) is 2. The molecular formula is C16H22N4O2S. The molecule has 0 fully saturated rings. The molecule has 0 radical (unpaired) electrons. The molecule has 0 spiro atoms. The molecule has 124 valence electrons. The van der Waals surface area contributed by atoms with Crippen LogP contribution in [0.25, 0.3) is 0 Å². The van der Waals surface area contributed by atoms with Crippen molar-refractivity contribution >= 4 is 28.2 Å². The van der Waals surface area contributed by atoms with Gasteiger partial charge in [-0.05, 0) is 38.8 Å². The average Bonchev–Trinajstić information content (AvgIpc) is 3.04. The van der Waals surface area contributed by atoms with Gasteiger partial charge in [0.25, 0.3) is 11.8 Å². The van der Waals surface area contributed by atoms with Crippen LogP contribution in [-0.4, -0.2) is 21.6 Å². The molecule has 0 bridgehead atoms. The second kappa shape index (κ2) is 6.95. The summed E-state index contributed by atoms with van der Waals surface area (Å²) in [7, 11) is 0. The molecule has 0 aromatic carbocycles. The van der Waals surface area contributed by atoms with Gasteiger partial charge in [-0.2, -0.15) is 5.10 Å². The number of nitrogens with one attached hydrogen (secondary N) is 1. The van der Waals surface area contributed by atoms with Crippen molar-refractivity contribution in [2.75, 3.05) is 5.32 Å².